The average Bonchev–Trinajstić information content (AvgIpc) is 3.49. The molecule has 168 valence electrons. The second-order valence-corrected chi connectivity index (χ2v) is 8.73. The highest BCUT2D eigenvalue weighted by Gasteiger charge is 2.21. The number of furan rings is 1. The van der Waals surface area contributed by atoms with Crippen LogP contribution >= 0.6 is 11.8 Å². The topological polar surface area (TPSA) is 102 Å². The van der Waals surface area contributed by atoms with Crippen molar-refractivity contribution in [3.63, 3.8) is 0 Å². The van der Waals surface area contributed by atoms with Gasteiger partial charge in [-0.1, -0.05) is 35.5 Å². The average molecular weight is 461 g/mol. The highest BCUT2D eigenvalue weighted by Crippen LogP contribution is 2.28. The molecule has 4 rings (SSSR count). The highest BCUT2D eigenvalue weighted by atomic mass is 32.2. The second kappa shape index (κ2) is 9.38. The molecule has 1 amide bonds. The second-order valence-electron chi connectivity index (χ2n) is 7.78. The van der Waals surface area contributed by atoms with Crippen molar-refractivity contribution >= 4 is 23.5 Å². The van der Waals surface area contributed by atoms with Crippen LogP contribution in [0.4, 0.5) is 5.82 Å². The molecule has 0 aliphatic heterocycles. The van der Waals surface area contributed by atoms with Crippen molar-refractivity contribution in [1.82, 2.24) is 19.3 Å². The Hall–Kier alpha value is -3.77. The summed E-state index contributed by atoms with van der Waals surface area (Å²) in [7, 11) is 1.88. The smallest absolute Gasteiger partial charge is 0.235 e. The lowest BCUT2D eigenvalue weighted by molar-refractivity contribution is -0.113. The number of benzene rings is 1. The van der Waals surface area contributed by atoms with Gasteiger partial charge in [-0.3, -0.25) is 4.79 Å². The zero-order valence-electron chi connectivity index (χ0n) is 18.9. The van der Waals surface area contributed by atoms with Crippen molar-refractivity contribution in [3.8, 4) is 17.5 Å². The predicted molar refractivity (Wildman–Crippen MR) is 127 cm³/mol. The Bertz CT molecular complexity index is 1340. The van der Waals surface area contributed by atoms with Gasteiger partial charge in [0.25, 0.3) is 0 Å². The van der Waals surface area contributed by atoms with Gasteiger partial charge in [0.2, 0.25) is 5.91 Å². The van der Waals surface area contributed by atoms with Crippen LogP contribution in [0.15, 0.2) is 52.2 Å². The van der Waals surface area contributed by atoms with Crippen LogP contribution in [-0.4, -0.2) is 31.0 Å². The number of hydrogen-bond acceptors (Lipinski definition) is 6. The number of aryl methyl sites for hydroxylation is 1. The van der Waals surface area contributed by atoms with Crippen LogP contribution in [0.5, 0.6) is 0 Å². The molecule has 0 fully saturated rings. The molecule has 0 bridgehead atoms. The summed E-state index contributed by atoms with van der Waals surface area (Å²) >= 11 is 1.30. The van der Waals surface area contributed by atoms with Gasteiger partial charge < -0.3 is 18.9 Å². The van der Waals surface area contributed by atoms with Crippen LogP contribution < -0.4 is 5.32 Å². The number of anilines is 1. The van der Waals surface area contributed by atoms with Gasteiger partial charge >= 0.3 is 0 Å². The van der Waals surface area contributed by atoms with Gasteiger partial charge in [-0.2, -0.15) is 5.26 Å². The van der Waals surface area contributed by atoms with Gasteiger partial charge in [0.15, 0.2) is 11.0 Å². The Labute approximate surface area is 196 Å². The van der Waals surface area contributed by atoms with Crippen molar-refractivity contribution in [2.45, 2.75) is 32.5 Å². The van der Waals surface area contributed by atoms with E-state index in [0.29, 0.717) is 23.1 Å². The van der Waals surface area contributed by atoms with Crippen LogP contribution in [0.2, 0.25) is 0 Å². The van der Waals surface area contributed by atoms with Gasteiger partial charge in [0, 0.05) is 18.3 Å². The van der Waals surface area contributed by atoms with E-state index in [1.165, 1.54) is 11.8 Å². The summed E-state index contributed by atoms with van der Waals surface area (Å²) in [6, 6.07) is 13.9. The fraction of sp³-hybridized carbons (Fsp3) is 0.250. The predicted octanol–water partition coefficient (Wildman–Crippen LogP) is 4.45. The Balaban J connectivity index is 1.50. The SMILES string of the molecule is Cc1cccc(-c2nnc(SCC(=O)Nc3c(C#N)c(C)c(C)n3Cc3ccco3)n2C)c1. The van der Waals surface area contributed by atoms with E-state index in [4.69, 9.17) is 4.42 Å². The van der Waals surface area contributed by atoms with Crippen LogP contribution in [-0.2, 0) is 18.4 Å². The number of nitrogens with one attached hydrogen (secondary N) is 1. The summed E-state index contributed by atoms with van der Waals surface area (Å²) in [5, 5.41) is 21.8. The van der Waals surface area contributed by atoms with E-state index < -0.39 is 0 Å². The number of hydrogen-bond donors (Lipinski definition) is 1. The summed E-state index contributed by atoms with van der Waals surface area (Å²) in [5.41, 5.74) is 4.31. The number of carbonyl (C=O) groups excluding carboxylic acids is 1. The van der Waals surface area contributed by atoms with Gasteiger partial charge in [-0.05, 0) is 44.5 Å². The van der Waals surface area contributed by atoms with Crippen LogP contribution in [0.25, 0.3) is 11.4 Å². The lowest BCUT2D eigenvalue weighted by Crippen LogP contribution is -2.18. The number of carbonyl (C=O) groups is 1. The van der Waals surface area contributed by atoms with E-state index in [0.717, 1.165) is 34.0 Å². The molecule has 0 saturated carbocycles. The van der Waals surface area contributed by atoms with E-state index in [1.54, 1.807) is 6.26 Å². The minimum Gasteiger partial charge on any atom is -0.467 e. The maximum absolute atomic E-state index is 12.8. The molecule has 1 aromatic carbocycles. The molecule has 3 aromatic heterocycles. The largest absolute Gasteiger partial charge is 0.467 e. The molecule has 8 nitrogen and oxygen atoms in total. The molecule has 0 aliphatic rings. The quantitative estimate of drug-likeness (QED) is 0.409. The first-order chi connectivity index (χ1) is 15.9. The third-order valence-corrected chi connectivity index (χ3v) is 6.56. The van der Waals surface area contributed by atoms with Crippen LogP contribution in [0.1, 0.15) is 28.1 Å². The zero-order chi connectivity index (χ0) is 23.5. The van der Waals surface area contributed by atoms with E-state index in [2.05, 4.69) is 21.6 Å². The molecule has 3 heterocycles. The maximum atomic E-state index is 12.8. The van der Waals surface area contributed by atoms with Crippen molar-refractivity contribution in [3.05, 3.63) is 70.8 Å². The van der Waals surface area contributed by atoms with E-state index in [1.807, 2.05) is 73.4 Å². The van der Waals surface area contributed by atoms with Gasteiger partial charge in [-0.15, -0.1) is 10.2 Å². The molecular weight excluding hydrogens is 436 g/mol. The number of thioether (sulfide) groups is 1. The summed E-state index contributed by atoms with van der Waals surface area (Å²) < 4.78 is 9.23. The first kappa shape index (κ1) is 22.4. The maximum Gasteiger partial charge on any atom is 0.235 e. The van der Waals surface area contributed by atoms with Crippen molar-refractivity contribution in [1.29, 1.82) is 5.26 Å². The minimum absolute atomic E-state index is 0.134. The molecule has 9 heteroatoms. The third kappa shape index (κ3) is 4.56. The van der Waals surface area contributed by atoms with Crippen molar-refractivity contribution in [2.24, 2.45) is 7.05 Å². The van der Waals surface area contributed by atoms with E-state index in [9.17, 15) is 10.1 Å². The standard InChI is InChI=1S/C24H24N6O2S/c1-15-7-5-8-18(11-15)22-27-28-24(29(22)4)33-14-21(31)26-23-20(12-25)16(2)17(3)30(23)13-19-9-6-10-32-19/h5-11H,13-14H2,1-4H3,(H,26,31). The summed E-state index contributed by atoms with van der Waals surface area (Å²) in [4.78, 5) is 12.8. The molecule has 0 spiro atoms. The summed E-state index contributed by atoms with van der Waals surface area (Å²) in [5.74, 6) is 1.87. The number of rotatable bonds is 7. The minimum atomic E-state index is -0.227. The van der Waals surface area contributed by atoms with E-state index in [-0.39, 0.29) is 11.7 Å². The Morgan fingerprint density at radius 1 is 1.21 bits per heavy atom. The molecule has 0 saturated heterocycles. The van der Waals surface area contributed by atoms with Crippen molar-refractivity contribution < 1.29 is 9.21 Å². The first-order valence-corrected chi connectivity index (χ1v) is 11.4. The highest BCUT2D eigenvalue weighted by molar-refractivity contribution is 7.99. The monoisotopic (exact) mass is 460 g/mol. The number of nitrogens with zero attached hydrogens (tertiary/aromatic N) is 5. The van der Waals surface area contributed by atoms with Gasteiger partial charge in [0.1, 0.15) is 17.6 Å². The fourth-order valence-electron chi connectivity index (χ4n) is 3.66. The number of amides is 1. The zero-order valence-corrected chi connectivity index (χ0v) is 19.7. The normalized spacial score (nSPS) is 10.9. The fourth-order valence-corrected chi connectivity index (χ4v) is 4.37. The number of nitriles is 1. The van der Waals surface area contributed by atoms with Crippen molar-refractivity contribution in [2.75, 3.05) is 11.1 Å². The summed E-state index contributed by atoms with van der Waals surface area (Å²) in [6.45, 7) is 6.26. The van der Waals surface area contributed by atoms with Gasteiger partial charge in [0.05, 0.1) is 24.1 Å². The lowest BCUT2D eigenvalue weighted by Gasteiger charge is -2.12. The molecule has 0 radical (unpaired) electrons. The Morgan fingerprint density at radius 2 is 2.03 bits per heavy atom. The summed E-state index contributed by atoms with van der Waals surface area (Å²) in [6.07, 6.45) is 1.60. The van der Waals surface area contributed by atoms with Gasteiger partial charge in [-0.25, -0.2) is 0 Å². The molecular formula is C24H24N6O2S. The first-order valence-electron chi connectivity index (χ1n) is 10.4. The van der Waals surface area contributed by atoms with Crippen LogP contribution in [0, 0.1) is 32.1 Å². The molecule has 1 N–H and O–H groups in total. The number of aromatic nitrogens is 4. The molecule has 33 heavy (non-hydrogen) atoms. The van der Waals surface area contributed by atoms with E-state index >= 15 is 0 Å². The van der Waals surface area contributed by atoms with Crippen LogP contribution in [0.3, 0.4) is 0 Å². The molecule has 0 atom stereocenters. The lowest BCUT2D eigenvalue weighted by atomic mass is 10.1. The third-order valence-electron chi connectivity index (χ3n) is 5.54. The molecule has 0 unspecified atom stereocenters. The molecule has 4 aromatic rings. The Kier molecular flexibility index (Phi) is 6.38. The molecule has 0 aliphatic carbocycles. The Morgan fingerprint density at radius 3 is 2.73 bits per heavy atom.